The zero-order chi connectivity index (χ0) is 20.9. The number of fused-ring (bicyclic) bond motifs is 2. The average molecular weight is 413 g/mol. The topological polar surface area (TPSA) is 38.7 Å². The van der Waals surface area contributed by atoms with Crippen molar-refractivity contribution in [2.75, 3.05) is 0 Å². The van der Waals surface area contributed by atoms with Crippen LogP contribution in [0.5, 0.6) is 0 Å². The van der Waals surface area contributed by atoms with Crippen LogP contribution in [0.3, 0.4) is 0 Å². The Balaban J connectivity index is 1.32. The molecule has 0 aromatic heterocycles. The van der Waals surface area contributed by atoms with Crippen LogP contribution in [-0.2, 0) is 9.78 Å². The first-order valence-electron chi connectivity index (χ1n) is 12.7. The van der Waals surface area contributed by atoms with Gasteiger partial charge in [-0.25, -0.2) is 9.78 Å². The molecule has 0 aromatic carbocycles. The summed E-state index contributed by atoms with van der Waals surface area (Å²) >= 11 is 0. The van der Waals surface area contributed by atoms with Crippen LogP contribution in [0, 0.1) is 40.4 Å². The van der Waals surface area contributed by atoms with E-state index in [1.807, 2.05) is 0 Å². The van der Waals surface area contributed by atoms with E-state index >= 15 is 0 Å². The van der Waals surface area contributed by atoms with Crippen molar-refractivity contribution in [2.24, 2.45) is 40.4 Å². The molecule has 4 fully saturated rings. The summed E-state index contributed by atoms with van der Waals surface area (Å²) in [5.41, 5.74) is 0.835. The van der Waals surface area contributed by atoms with E-state index < -0.39 is 5.60 Å². The van der Waals surface area contributed by atoms with E-state index in [0.717, 1.165) is 36.5 Å². The van der Waals surface area contributed by atoms with Gasteiger partial charge in [0.15, 0.2) is 0 Å². The fourth-order valence-electron chi connectivity index (χ4n) is 8.85. The molecule has 3 heteroatoms. The summed E-state index contributed by atoms with van der Waals surface area (Å²) in [6.45, 7) is 9.86. The minimum atomic E-state index is -0.488. The Kier molecular flexibility index (Phi) is 4.16. The molecule has 2 bridgehead atoms. The summed E-state index contributed by atoms with van der Waals surface area (Å²) in [6.07, 6.45) is 17.4. The van der Waals surface area contributed by atoms with Gasteiger partial charge in [0.2, 0.25) is 0 Å². The molecule has 3 nitrogen and oxygen atoms in total. The van der Waals surface area contributed by atoms with Crippen LogP contribution >= 0.6 is 0 Å². The molecule has 1 N–H and O–H groups in total. The number of hydrogen-bond donors (Lipinski definition) is 1. The number of aliphatic hydroxyl groups is 1. The van der Waals surface area contributed by atoms with Crippen LogP contribution in [0.25, 0.3) is 0 Å². The first-order chi connectivity index (χ1) is 14.2. The third-order valence-electron chi connectivity index (χ3n) is 11.0. The van der Waals surface area contributed by atoms with Crippen LogP contribution in [0.1, 0.15) is 85.5 Å². The second-order valence-electron chi connectivity index (χ2n) is 12.5. The summed E-state index contributed by atoms with van der Waals surface area (Å²) in [4.78, 5) is 12.7. The van der Waals surface area contributed by atoms with E-state index in [4.69, 9.17) is 9.78 Å². The smallest absolute Gasteiger partial charge is 0.147 e. The van der Waals surface area contributed by atoms with Crippen LogP contribution in [0.2, 0.25) is 0 Å². The summed E-state index contributed by atoms with van der Waals surface area (Å²) < 4.78 is 0. The Morgan fingerprint density at radius 2 is 1.97 bits per heavy atom. The SMILES string of the molecule is CC(CC[C@H]1C[C@H]1C)[C@H]1CC[C@@H]2[C@]1(C)CC=C1[C@]23C=C[C@]2(C[C@@H](O)CC[C@]12C)OO3. The molecule has 7 aliphatic rings. The van der Waals surface area contributed by atoms with Crippen molar-refractivity contribution in [1.82, 2.24) is 0 Å². The summed E-state index contributed by atoms with van der Waals surface area (Å²) in [6, 6.07) is 0. The lowest BCUT2D eigenvalue weighted by Crippen LogP contribution is -2.69. The van der Waals surface area contributed by atoms with E-state index in [-0.39, 0.29) is 22.5 Å². The Hall–Kier alpha value is -0.640. The van der Waals surface area contributed by atoms with Crippen LogP contribution in [0.4, 0.5) is 0 Å². The van der Waals surface area contributed by atoms with Crippen molar-refractivity contribution < 1.29 is 14.9 Å². The lowest BCUT2D eigenvalue weighted by molar-refractivity contribution is -0.455. The van der Waals surface area contributed by atoms with E-state index in [0.29, 0.717) is 12.3 Å². The fraction of sp³-hybridized carbons (Fsp3) is 0.852. The number of allylic oxidation sites excluding steroid dienone is 1. The second kappa shape index (κ2) is 6.23. The summed E-state index contributed by atoms with van der Waals surface area (Å²) in [5, 5.41) is 10.4. The van der Waals surface area contributed by atoms with Crippen molar-refractivity contribution in [3.8, 4) is 0 Å². The van der Waals surface area contributed by atoms with Crippen LogP contribution in [-0.4, -0.2) is 22.4 Å². The molecule has 166 valence electrons. The molecule has 10 atom stereocenters. The Morgan fingerprint density at radius 3 is 2.67 bits per heavy atom. The van der Waals surface area contributed by atoms with Gasteiger partial charge >= 0.3 is 0 Å². The molecule has 3 saturated carbocycles. The molecule has 2 aliphatic heterocycles. The molecular weight excluding hydrogens is 372 g/mol. The van der Waals surface area contributed by atoms with Gasteiger partial charge in [0.05, 0.1) is 6.10 Å². The third-order valence-corrected chi connectivity index (χ3v) is 11.0. The fourth-order valence-corrected chi connectivity index (χ4v) is 8.85. The number of aliphatic hydroxyl groups excluding tert-OH is 1. The van der Waals surface area contributed by atoms with Gasteiger partial charge in [-0.05, 0) is 91.8 Å². The maximum Gasteiger partial charge on any atom is 0.147 e. The molecule has 0 amide bonds. The normalized spacial score (nSPS) is 56.7. The minimum absolute atomic E-state index is 0.0492. The lowest BCUT2D eigenvalue weighted by Gasteiger charge is -2.66. The molecule has 2 spiro atoms. The van der Waals surface area contributed by atoms with Gasteiger partial charge < -0.3 is 5.11 Å². The quantitative estimate of drug-likeness (QED) is 0.456. The molecule has 0 radical (unpaired) electrons. The van der Waals surface area contributed by atoms with Crippen LogP contribution in [0.15, 0.2) is 23.8 Å². The maximum atomic E-state index is 10.4. The second-order valence-corrected chi connectivity index (χ2v) is 12.5. The molecular formula is C27H40O3. The molecule has 7 rings (SSSR count). The Labute approximate surface area is 182 Å². The first-order valence-corrected chi connectivity index (χ1v) is 12.7. The predicted octanol–water partition coefficient (Wildman–Crippen LogP) is 5.98. The van der Waals surface area contributed by atoms with Gasteiger partial charge in [-0.2, -0.15) is 0 Å². The van der Waals surface area contributed by atoms with Crippen molar-refractivity contribution in [2.45, 2.75) is 103 Å². The van der Waals surface area contributed by atoms with Gasteiger partial charge in [-0.3, -0.25) is 0 Å². The predicted molar refractivity (Wildman–Crippen MR) is 117 cm³/mol. The number of hydrogen-bond acceptors (Lipinski definition) is 3. The minimum Gasteiger partial charge on any atom is -0.393 e. The summed E-state index contributed by atoms with van der Waals surface area (Å²) in [5.74, 6) is 4.03. The number of rotatable bonds is 4. The highest BCUT2D eigenvalue weighted by atomic mass is 17.2. The monoisotopic (exact) mass is 412 g/mol. The zero-order valence-electron chi connectivity index (χ0n) is 19.3. The van der Waals surface area contributed by atoms with E-state index in [9.17, 15) is 5.11 Å². The van der Waals surface area contributed by atoms with Crippen molar-refractivity contribution in [3.05, 3.63) is 23.8 Å². The van der Waals surface area contributed by atoms with Crippen LogP contribution < -0.4 is 0 Å². The van der Waals surface area contributed by atoms with Gasteiger partial charge in [-0.15, -0.1) is 0 Å². The standard InChI is InChI=1S/C27H40O3/c1-17(5-6-19-15-18(19)2)21-7-8-22-24(21,3)11-10-23-25(4)12-9-20(28)16-26(25)13-14-27(22,23)30-29-26/h10,13-14,17-22,28H,5-9,11-12,15-16H2,1-4H3/t17?,18-,19+,20+,21-,22-,24-,25-,26-,27+/m1/s1. The molecule has 5 aliphatic carbocycles. The van der Waals surface area contributed by atoms with Gasteiger partial charge in [0, 0.05) is 17.8 Å². The van der Waals surface area contributed by atoms with Crippen molar-refractivity contribution in [1.29, 1.82) is 0 Å². The molecule has 0 aromatic rings. The van der Waals surface area contributed by atoms with Gasteiger partial charge in [0.1, 0.15) is 11.2 Å². The first kappa shape index (κ1) is 20.0. The largest absolute Gasteiger partial charge is 0.393 e. The Bertz CT molecular complexity index is 802. The highest BCUT2D eigenvalue weighted by Crippen LogP contribution is 2.71. The zero-order valence-corrected chi connectivity index (χ0v) is 19.3. The van der Waals surface area contributed by atoms with E-state index in [2.05, 4.69) is 45.9 Å². The average Bonchev–Trinajstić information content (AvgIpc) is 3.30. The van der Waals surface area contributed by atoms with Crippen molar-refractivity contribution in [3.63, 3.8) is 0 Å². The van der Waals surface area contributed by atoms with E-state index in [1.165, 1.54) is 44.1 Å². The maximum absolute atomic E-state index is 10.4. The Morgan fingerprint density at radius 1 is 1.17 bits per heavy atom. The molecule has 30 heavy (non-hydrogen) atoms. The third kappa shape index (κ3) is 2.38. The highest BCUT2D eigenvalue weighted by molar-refractivity contribution is 5.48. The lowest BCUT2D eigenvalue weighted by atomic mass is 9.46. The molecule has 2 heterocycles. The molecule has 1 unspecified atom stereocenters. The van der Waals surface area contributed by atoms with Gasteiger partial charge in [-0.1, -0.05) is 40.2 Å². The van der Waals surface area contributed by atoms with Crippen molar-refractivity contribution >= 4 is 0 Å². The highest BCUT2D eigenvalue weighted by Gasteiger charge is 2.71. The molecule has 1 saturated heterocycles. The summed E-state index contributed by atoms with van der Waals surface area (Å²) in [7, 11) is 0. The van der Waals surface area contributed by atoms with E-state index in [1.54, 1.807) is 0 Å². The van der Waals surface area contributed by atoms with Gasteiger partial charge in [0.25, 0.3) is 0 Å².